The van der Waals surface area contributed by atoms with Crippen LogP contribution in [0.5, 0.6) is 0 Å². The van der Waals surface area contributed by atoms with Crippen molar-refractivity contribution < 1.29 is 13.2 Å². The van der Waals surface area contributed by atoms with Gasteiger partial charge in [0.1, 0.15) is 0 Å². The Morgan fingerprint density at radius 1 is 0.926 bits per heavy atom. The average molecular weight is 492 g/mol. The van der Waals surface area contributed by atoms with Gasteiger partial charge in [0, 0.05) is 21.9 Å². The Kier molecular flexibility index (Phi) is 5.81. The third-order valence-corrected chi connectivity index (χ3v) is 6.41. The van der Waals surface area contributed by atoms with E-state index in [0.29, 0.717) is 11.4 Å². The number of hydrogen-bond donors (Lipinski definition) is 1. The van der Waals surface area contributed by atoms with Crippen molar-refractivity contribution in [3.63, 3.8) is 0 Å². The molecule has 0 aliphatic rings. The van der Waals surface area contributed by atoms with Crippen molar-refractivity contribution in [1.82, 2.24) is 0 Å². The molecule has 0 atom stereocenters. The summed E-state index contributed by atoms with van der Waals surface area (Å²) in [4.78, 5) is 12.6. The zero-order chi connectivity index (χ0) is 19.4. The number of carbonyl (C=O) groups is 1. The molecule has 1 amide bonds. The van der Waals surface area contributed by atoms with Gasteiger partial charge < -0.3 is 5.32 Å². The van der Waals surface area contributed by atoms with Crippen molar-refractivity contribution in [3.05, 3.63) is 88.0 Å². The molecule has 0 aliphatic carbocycles. The summed E-state index contributed by atoms with van der Waals surface area (Å²) in [6.07, 6.45) is 0. The van der Waals surface area contributed by atoms with E-state index in [1.54, 1.807) is 42.5 Å². The molecular weight excluding hydrogens is 475 g/mol. The topological polar surface area (TPSA) is 66.5 Å². The zero-order valence-corrected chi connectivity index (χ0v) is 17.4. The maximum atomic E-state index is 12.9. The highest BCUT2D eigenvalue weighted by Gasteiger charge is 2.22. The molecule has 1 N–H and O–H groups in total. The summed E-state index contributed by atoms with van der Waals surface area (Å²) < 4.78 is 28.0. The van der Waals surface area contributed by atoms with E-state index < -0.39 is 10.0 Å². The van der Waals surface area contributed by atoms with Crippen molar-refractivity contribution in [3.8, 4) is 0 Å². The van der Waals surface area contributed by atoms with Gasteiger partial charge in [-0.3, -0.25) is 9.10 Å². The molecule has 0 bridgehead atoms. The van der Waals surface area contributed by atoms with Crippen molar-refractivity contribution >= 4 is 49.9 Å². The Hall–Kier alpha value is -2.39. The first-order valence-corrected chi connectivity index (χ1v) is 10.6. The summed E-state index contributed by atoms with van der Waals surface area (Å²) in [7, 11) is -2.29. The molecule has 0 heterocycles. The molecule has 0 spiro atoms. The molecule has 0 saturated heterocycles. The van der Waals surface area contributed by atoms with Gasteiger partial charge >= 0.3 is 0 Å². The maximum Gasteiger partial charge on any atom is 0.264 e. The molecule has 27 heavy (non-hydrogen) atoms. The number of rotatable bonds is 5. The molecule has 3 aromatic carbocycles. The van der Waals surface area contributed by atoms with E-state index in [0.717, 1.165) is 3.57 Å². The summed E-state index contributed by atoms with van der Waals surface area (Å²) >= 11 is 2.16. The third kappa shape index (κ3) is 4.48. The first kappa shape index (κ1) is 19.4. The summed E-state index contributed by atoms with van der Waals surface area (Å²) in [6, 6.07) is 22.2. The maximum absolute atomic E-state index is 12.9. The molecule has 138 valence electrons. The number of hydrogen-bond acceptors (Lipinski definition) is 3. The smallest absolute Gasteiger partial charge is 0.264 e. The quantitative estimate of drug-likeness (QED) is 0.539. The molecule has 3 aromatic rings. The Labute approximate surface area is 172 Å². The van der Waals surface area contributed by atoms with Crippen LogP contribution in [-0.4, -0.2) is 21.4 Å². The van der Waals surface area contributed by atoms with Crippen LogP contribution in [-0.2, 0) is 10.0 Å². The van der Waals surface area contributed by atoms with Crippen molar-refractivity contribution in [1.29, 1.82) is 0 Å². The fraction of sp³-hybridized carbons (Fsp3) is 0.0500. The number of para-hydroxylation sites is 1. The van der Waals surface area contributed by atoms with Crippen LogP contribution in [0, 0.1) is 3.57 Å². The molecule has 0 aliphatic heterocycles. The molecular formula is C20H17IN2O3S. The van der Waals surface area contributed by atoms with Gasteiger partial charge in [0.25, 0.3) is 15.9 Å². The van der Waals surface area contributed by atoms with Gasteiger partial charge in [-0.25, -0.2) is 8.42 Å². The third-order valence-electron chi connectivity index (χ3n) is 3.96. The molecule has 0 radical (unpaired) electrons. The summed E-state index contributed by atoms with van der Waals surface area (Å²) in [5.41, 5.74) is 1.48. The first-order valence-electron chi connectivity index (χ1n) is 8.09. The van der Waals surface area contributed by atoms with E-state index in [4.69, 9.17) is 0 Å². The fourth-order valence-corrected chi connectivity index (χ4v) is 4.29. The van der Waals surface area contributed by atoms with Gasteiger partial charge in [-0.1, -0.05) is 30.3 Å². The first-order chi connectivity index (χ1) is 12.9. The number of benzene rings is 3. The SMILES string of the molecule is CN(c1ccccc1)S(=O)(=O)c1cccc(C(=O)Nc2cccc(I)c2)c1. The Morgan fingerprint density at radius 3 is 2.33 bits per heavy atom. The number of amides is 1. The fourth-order valence-electron chi connectivity index (χ4n) is 2.50. The number of nitrogens with zero attached hydrogens (tertiary/aromatic N) is 1. The number of halogens is 1. The second-order valence-corrected chi connectivity index (χ2v) is 9.02. The Balaban J connectivity index is 1.87. The van der Waals surface area contributed by atoms with Crippen molar-refractivity contribution in [2.75, 3.05) is 16.7 Å². The second-order valence-electron chi connectivity index (χ2n) is 5.80. The average Bonchev–Trinajstić information content (AvgIpc) is 2.68. The lowest BCUT2D eigenvalue weighted by atomic mass is 10.2. The standard InChI is InChI=1S/C20H17IN2O3S/c1-23(18-10-3-2-4-11-18)27(25,26)19-12-5-7-15(13-19)20(24)22-17-9-6-8-16(21)14-17/h2-14H,1H3,(H,22,24). The van der Waals surface area contributed by atoms with E-state index in [1.165, 1.54) is 23.5 Å². The summed E-state index contributed by atoms with van der Waals surface area (Å²) in [5.74, 6) is -0.364. The highest BCUT2D eigenvalue weighted by Crippen LogP contribution is 2.23. The second kappa shape index (κ2) is 8.10. The molecule has 3 rings (SSSR count). The van der Waals surface area contributed by atoms with Crippen LogP contribution in [0.2, 0.25) is 0 Å². The van der Waals surface area contributed by atoms with E-state index in [9.17, 15) is 13.2 Å². The van der Waals surface area contributed by atoms with Crippen LogP contribution >= 0.6 is 22.6 Å². The van der Waals surface area contributed by atoms with Gasteiger partial charge in [-0.05, 0) is 71.1 Å². The van der Waals surface area contributed by atoms with E-state index in [2.05, 4.69) is 27.9 Å². The Bertz CT molecular complexity index is 1070. The van der Waals surface area contributed by atoms with Gasteiger partial charge in [-0.15, -0.1) is 0 Å². The van der Waals surface area contributed by atoms with Crippen molar-refractivity contribution in [2.24, 2.45) is 0 Å². The lowest BCUT2D eigenvalue weighted by Gasteiger charge is -2.19. The van der Waals surface area contributed by atoms with Crippen LogP contribution in [0.15, 0.2) is 83.8 Å². The van der Waals surface area contributed by atoms with E-state index in [1.807, 2.05) is 24.3 Å². The molecule has 5 nitrogen and oxygen atoms in total. The lowest BCUT2D eigenvalue weighted by Crippen LogP contribution is -2.26. The van der Waals surface area contributed by atoms with Crippen molar-refractivity contribution in [2.45, 2.75) is 4.90 Å². The highest BCUT2D eigenvalue weighted by atomic mass is 127. The van der Waals surface area contributed by atoms with E-state index in [-0.39, 0.29) is 16.4 Å². The summed E-state index contributed by atoms with van der Waals surface area (Å²) in [5, 5.41) is 2.79. The largest absolute Gasteiger partial charge is 0.322 e. The van der Waals surface area contributed by atoms with Crippen LogP contribution in [0.4, 0.5) is 11.4 Å². The minimum atomic E-state index is -3.78. The van der Waals surface area contributed by atoms with Crippen LogP contribution in [0.1, 0.15) is 10.4 Å². The number of anilines is 2. The van der Waals surface area contributed by atoms with E-state index >= 15 is 0 Å². The van der Waals surface area contributed by atoms with Crippen LogP contribution in [0.25, 0.3) is 0 Å². The highest BCUT2D eigenvalue weighted by molar-refractivity contribution is 14.1. The minimum absolute atomic E-state index is 0.0594. The normalized spacial score (nSPS) is 11.0. The van der Waals surface area contributed by atoms with Gasteiger partial charge in [0.15, 0.2) is 0 Å². The predicted octanol–water partition coefficient (Wildman–Crippen LogP) is 4.37. The zero-order valence-electron chi connectivity index (χ0n) is 14.5. The van der Waals surface area contributed by atoms with Gasteiger partial charge in [-0.2, -0.15) is 0 Å². The molecule has 7 heteroatoms. The monoisotopic (exact) mass is 492 g/mol. The lowest BCUT2D eigenvalue weighted by molar-refractivity contribution is 0.102. The van der Waals surface area contributed by atoms with Crippen LogP contribution in [0.3, 0.4) is 0 Å². The molecule has 0 saturated carbocycles. The Morgan fingerprint density at radius 2 is 1.63 bits per heavy atom. The number of nitrogens with one attached hydrogen (secondary N) is 1. The van der Waals surface area contributed by atoms with Crippen LogP contribution < -0.4 is 9.62 Å². The molecule has 0 fully saturated rings. The number of sulfonamides is 1. The predicted molar refractivity (Wildman–Crippen MR) is 116 cm³/mol. The minimum Gasteiger partial charge on any atom is -0.322 e. The van der Waals surface area contributed by atoms with Gasteiger partial charge in [0.05, 0.1) is 10.6 Å². The molecule has 0 unspecified atom stereocenters. The summed E-state index contributed by atoms with van der Waals surface area (Å²) in [6.45, 7) is 0. The number of carbonyl (C=O) groups excluding carboxylic acids is 1. The molecule has 0 aromatic heterocycles. The van der Waals surface area contributed by atoms with Gasteiger partial charge in [0.2, 0.25) is 0 Å².